The summed E-state index contributed by atoms with van der Waals surface area (Å²) in [6, 6.07) is 12.1. The average Bonchev–Trinajstić information content (AvgIpc) is 3.31. The van der Waals surface area contributed by atoms with Gasteiger partial charge in [-0.2, -0.15) is 0 Å². The Morgan fingerprint density at radius 2 is 1.84 bits per heavy atom. The number of hydrogen-bond donors (Lipinski definition) is 1. The highest BCUT2D eigenvalue weighted by molar-refractivity contribution is 5.97. The van der Waals surface area contributed by atoms with Crippen molar-refractivity contribution in [3.8, 4) is 11.5 Å². The molecular weight excluding hydrogens is 568 g/mol. The predicted molar refractivity (Wildman–Crippen MR) is 162 cm³/mol. The fourth-order valence-corrected chi connectivity index (χ4v) is 4.95. The Morgan fingerprint density at radius 3 is 2.57 bits per heavy atom. The van der Waals surface area contributed by atoms with Crippen LogP contribution in [0.2, 0.25) is 0 Å². The van der Waals surface area contributed by atoms with Crippen molar-refractivity contribution in [2.24, 2.45) is 5.92 Å². The lowest BCUT2D eigenvalue weighted by Gasteiger charge is -2.25. The number of hydrogen-bond acceptors (Lipinski definition) is 10. The van der Waals surface area contributed by atoms with Gasteiger partial charge >= 0.3 is 11.9 Å². The van der Waals surface area contributed by atoms with Gasteiger partial charge in [-0.3, -0.25) is 0 Å². The lowest BCUT2D eigenvalue weighted by molar-refractivity contribution is -0.152. The van der Waals surface area contributed by atoms with E-state index in [0.717, 1.165) is 0 Å². The van der Waals surface area contributed by atoms with Crippen LogP contribution in [0.15, 0.2) is 60.7 Å². The van der Waals surface area contributed by atoms with E-state index in [0.29, 0.717) is 29.7 Å². The van der Waals surface area contributed by atoms with Gasteiger partial charge in [0.15, 0.2) is 12.6 Å². The van der Waals surface area contributed by atoms with E-state index in [1.807, 2.05) is 39.0 Å². The summed E-state index contributed by atoms with van der Waals surface area (Å²) >= 11 is 0. The lowest BCUT2D eigenvalue weighted by atomic mass is 9.98. The third kappa shape index (κ3) is 8.69. The van der Waals surface area contributed by atoms with Crippen molar-refractivity contribution in [3.63, 3.8) is 0 Å². The summed E-state index contributed by atoms with van der Waals surface area (Å²) in [5.41, 5.74) is 1.16. The minimum Gasteiger partial charge on any atom is -0.493 e. The first-order valence-corrected chi connectivity index (χ1v) is 14.8. The first-order valence-electron chi connectivity index (χ1n) is 14.8. The van der Waals surface area contributed by atoms with Gasteiger partial charge in [0.25, 0.3) is 0 Å². The van der Waals surface area contributed by atoms with Gasteiger partial charge in [-0.05, 0) is 57.0 Å². The van der Waals surface area contributed by atoms with E-state index in [9.17, 15) is 14.7 Å². The number of benzene rings is 2. The summed E-state index contributed by atoms with van der Waals surface area (Å²) < 4.78 is 41.2. The number of aliphatic hydroxyl groups excluding tert-OH is 1. The molecule has 1 unspecified atom stereocenters. The van der Waals surface area contributed by atoms with Gasteiger partial charge in [0.1, 0.15) is 35.4 Å². The van der Waals surface area contributed by atoms with Gasteiger partial charge in [0, 0.05) is 32.1 Å². The number of ether oxygens (including phenoxy) is 7. The van der Waals surface area contributed by atoms with Gasteiger partial charge in [0.2, 0.25) is 0 Å². The number of methoxy groups -OCH3 is 1. The fourth-order valence-electron chi connectivity index (χ4n) is 4.95. The minimum atomic E-state index is -0.923. The quantitative estimate of drug-likeness (QED) is 0.173. The maximum atomic E-state index is 13.6. The molecule has 1 fully saturated rings. The highest BCUT2D eigenvalue weighted by atomic mass is 16.8. The number of esters is 2. The summed E-state index contributed by atoms with van der Waals surface area (Å²) in [5, 5.41) is 9.20. The summed E-state index contributed by atoms with van der Waals surface area (Å²) in [5.74, 6) is -1.53. The molecule has 0 bridgehead atoms. The fraction of sp³-hybridized carbons (Fsp3) is 0.471. The topological polar surface area (TPSA) is 119 Å². The molecule has 4 rings (SSSR count). The molecule has 2 aliphatic rings. The number of aliphatic hydroxyl groups is 1. The Hall–Kier alpha value is -3.70. The summed E-state index contributed by atoms with van der Waals surface area (Å²) in [7, 11) is 1.49. The second-order valence-electron chi connectivity index (χ2n) is 11.2. The SMILES string of the molecule is COCOc1cc(OCCCO)cc2c1C(=O)O[C@@H](C)[C@H](C)/C=C\C(OC(=O)c1ccccc1)[C@H]1OC(C)(C)O[C@H]1CC=C2. The van der Waals surface area contributed by atoms with Crippen molar-refractivity contribution in [2.75, 3.05) is 27.1 Å². The largest absolute Gasteiger partial charge is 0.493 e. The van der Waals surface area contributed by atoms with Crippen LogP contribution in [-0.4, -0.2) is 74.4 Å². The standard InChI is InChI=1S/C34H42O10/c1-22-15-16-27(42-32(36)24-11-7-6-8-12-24)31-28(43-34(3,4)44-31)14-9-13-25-19-26(39-18-10-17-35)20-29(40-21-38-5)30(25)33(37)41-23(22)2/h6-9,11-13,15-16,19-20,22-23,27-28,31,35H,10,14,17-18,21H2,1-5H3/b13-9?,16-15-/t22-,23+,27?,28+,31-/m1/s1. The first-order chi connectivity index (χ1) is 21.1. The third-order valence-electron chi connectivity index (χ3n) is 7.32. The molecule has 10 heteroatoms. The van der Waals surface area contributed by atoms with E-state index in [1.54, 1.807) is 55.5 Å². The molecule has 44 heavy (non-hydrogen) atoms. The second kappa shape index (κ2) is 15.3. The maximum absolute atomic E-state index is 13.6. The van der Waals surface area contributed by atoms with Crippen molar-refractivity contribution < 1.29 is 47.9 Å². The molecule has 0 radical (unpaired) electrons. The van der Waals surface area contributed by atoms with E-state index in [4.69, 9.17) is 33.2 Å². The molecular formula is C34H42O10. The predicted octanol–water partition coefficient (Wildman–Crippen LogP) is 5.33. The van der Waals surface area contributed by atoms with Gasteiger partial charge < -0.3 is 38.3 Å². The highest BCUT2D eigenvalue weighted by Gasteiger charge is 2.45. The second-order valence-corrected chi connectivity index (χ2v) is 11.2. The summed E-state index contributed by atoms with van der Waals surface area (Å²) in [6.07, 6.45) is 5.70. The molecule has 10 nitrogen and oxygen atoms in total. The van der Waals surface area contributed by atoms with Crippen molar-refractivity contribution in [3.05, 3.63) is 77.4 Å². The van der Waals surface area contributed by atoms with Crippen LogP contribution in [0, 0.1) is 5.92 Å². The lowest BCUT2D eigenvalue weighted by Crippen LogP contribution is -2.37. The van der Waals surface area contributed by atoms with Gasteiger partial charge in [-0.15, -0.1) is 0 Å². The normalized spacial score (nSPS) is 25.6. The zero-order chi connectivity index (χ0) is 31.7. The molecule has 0 spiro atoms. The van der Waals surface area contributed by atoms with Crippen LogP contribution >= 0.6 is 0 Å². The Labute approximate surface area is 258 Å². The number of carbonyl (C=O) groups excluding carboxylic acids is 2. The van der Waals surface area contributed by atoms with Crippen LogP contribution in [0.1, 0.15) is 66.8 Å². The number of fused-ring (bicyclic) bond motifs is 2. The van der Waals surface area contributed by atoms with Crippen LogP contribution in [-0.2, 0) is 23.7 Å². The zero-order valence-corrected chi connectivity index (χ0v) is 25.9. The third-order valence-corrected chi connectivity index (χ3v) is 7.32. The number of cyclic esters (lactones) is 1. The average molecular weight is 611 g/mol. The van der Waals surface area contributed by atoms with E-state index in [-0.39, 0.29) is 37.2 Å². The molecule has 2 aromatic rings. The maximum Gasteiger partial charge on any atom is 0.342 e. The van der Waals surface area contributed by atoms with Crippen molar-refractivity contribution in [1.29, 1.82) is 0 Å². The molecule has 2 aliphatic heterocycles. The molecule has 1 saturated heterocycles. The minimum absolute atomic E-state index is 0.0165. The Morgan fingerprint density at radius 1 is 1.07 bits per heavy atom. The zero-order valence-electron chi connectivity index (χ0n) is 25.9. The van der Waals surface area contributed by atoms with Crippen molar-refractivity contribution in [2.45, 2.75) is 70.7 Å². The van der Waals surface area contributed by atoms with Crippen molar-refractivity contribution >= 4 is 18.0 Å². The molecule has 0 aliphatic carbocycles. The van der Waals surface area contributed by atoms with E-state index in [1.165, 1.54) is 7.11 Å². The van der Waals surface area contributed by atoms with Crippen LogP contribution in [0.4, 0.5) is 0 Å². The molecule has 2 heterocycles. The van der Waals surface area contributed by atoms with Gasteiger partial charge in [-0.1, -0.05) is 43.4 Å². The first kappa shape index (κ1) is 33.2. The van der Waals surface area contributed by atoms with E-state index in [2.05, 4.69) is 0 Å². The molecule has 1 N–H and O–H groups in total. The molecule has 5 atom stereocenters. The van der Waals surface area contributed by atoms with Gasteiger partial charge in [-0.25, -0.2) is 9.59 Å². The van der Waals surface area contributed by atoms with Gasteiger partial charge in [0.05, 0.1) is 18.3 Å². The summed E-state index contributed by atoms with van der Waals surface area (Å²) in [4.78, 5) is 26.7. The number of carbonyl (C=O) groups is 2. The van der Waals surface area contributed by atoms with E-state index >= 15 is 0 Å². The Bertz CT molecular complexity index is 1320. The van der Waals surface area contributed by atoms with Crippen LogP contribution in [0.3, 0.4) is 0 Å². The smallest absolute Gasteiger partial charge is 0.342 e. The Balaban J connectivity index is 1.73. The number of rotatable bonds is 9. The van der Waals surface area contributed by atoms with E-state index < -0.39 is 42.1 Å². The van der Waals surface area contributed by atoms with Crippen LogP contribution in [0.25, 0.3) is 6.08 Å². The summed E-state index contributed by atoms with van der Waals surface area (Å²) in [6.45, 7) is 7.51. The molecule has 0 aromatic heterocycles. The Kier molecular flexibility index (Phi) is 11.6. The monoisotopic (exact) mass is 610 g/mol. The van der Waals surface area contributed by atoms with Crippen LogP contribution < -0.4 is 9.47 Å². The van der Waals surface area contributed by atoms with Crippen molar-refractivity contribution in [1.82, 2.24) is 0 Å². The molecule has 2 aromatic carbocycles. The highest BCUT2D eigenvalue weighted by Crippen LogP contribution is 2.36. The molecule has 0 saturated carbocycles. The van der Waals surface area contributed by atoms with Crippen LogP contribution in [0.5, 0.6) is 11.5 Å². The molecule has 238 valence electrons. The molecule has 0 amide bonds.